The van der Waals surface area contributed by atoms with Crippen LogP contribution in [0, 0.1) is 18.3 Å². The minimum atomic E-state index is -0.746. The number of carboxylic acid groups (broad SMARTS) is 1. The van der Waals surface area contributed by atoms with Crippen molar-refractivity contribution >= 4 is 17.7 Å². The first-order chi connectivity index (χ1) is 11.9. The standard InChI is InChI=1S/C20H28N2O3/c1-4-14-9-13(3)10-15(5-2)17(14)21-19(25)22-11-16-7-6-8-20(16,12-22)18(23)24/h9-10,16H,4-8,11-12H2,1-3H3,(H,21,25)(H,23,24)/t16-,20+/m0/s1. The summed E-state index contributed by atoms with van der Waals surface area (Å²) in [5.74, 6) is -0.658. The monoisotopic (exact) mass is 344 g/mol. The highest BCUT2D eigenvalue weighted by Gasteiger charge is 2.55. The van der Waals surface area contributed by atoms with Crippen molar-refractivity contribution in [3.05, 3.63) is 28.8 Å². The molecular weight excluding hydrogens is 316 g/mol. The van der Waals surface area contributed by atoms with Gasteiger partial charge in [-0.3, -0.25) is 4.79 Å². The normalized spacial score (nSPS) is 25.1. The molecule has 2 amide bonds. The zero-order chi connectivity index (χ0) is 18.2. The molecular formula is C20H28N2O3. The van der Waals surface area contributed by atoms with Gasteiger partial charge >= 0.3 is 12.0 Å². The lowest BCUT2D eigenvalue weighted by molar-refractivity contribution is -0.149. The summed E-state index contributed by atoms with van der Waals surface area (Å²) in [5, 5.41) is 12.8. The van der Waals surface area contributed by atoms with Crippen molar-refractivity contribution < 1.29 is 14.7 Å². The van der Waals surface area contributed by atoms with Gasteiger partial charge in [0.2, 0.25) is 0 Å². The number of benzene rings is 1. The van der Waals surface area contributed by atoms with Crippen LogP contribution in [-0.4, -0.2) is 35.1 Å². The van der Waals surface area contributed by atoms with E-state index in [0.717, 1.165) is 42.5 Å². The molecule has 2 atom stereocenters. The zero-order valence-electron chi connectivity index (χ0n) is 15.4. The van der Waals surface area contributed by atoms with Crippen LogP contribution in [0.4, 0.5) is 10.5 Å². The maximum absolute atomic E-state index is 12.9. The van der Waals surface area contributed by atoms with Crippen molar-refractivity contribution in [2.45, 2.75) is 52.9 Å². The lowest BCUT2D eigenvalue weighted by atomic mass is 9.81. The van der Waals surface area contributed by atoms with Gasteiger partial charge in [0.25, 0.3) is 0 Å². The molecule has 2 N–H and O–H groups in total. The van der Waals surface area contributed by atoms with Gasteiger partial charge in [0.05, 0.1) is 5.41 Å². The first-order valence-corrected chi connectivity index (χ1v) is 9.33. The van der Waals surface area contributed by atoms with Gasteiger partial charge in [0.15, 0.2) is 0 Å². The average Bonchev–Trinajstić information content (AvgIpc) is 3.14. The summed E-state index contributed by atoms with van der Waals surface area (Å²) < 4.78 is 0. The number of carbonyl (C=O) groups excluding carboxylic acids is 1. The Morgan fingerprint density at radius 2 is 1.92 bits per heavy atom. The molecule has 1 aromatic rings. The second-order valence-corrected chi connectivity index (χ2v) is 7.53. The first-order valence-electron chi connectivity index (χ1n) is 9.33. The molecule has 1 heterocycles. The molecule has 5 heteroatoms. The number of aryl methyl sites for hydroxylation is 3. The molecule has 136 valence electrons. The third-order valence-corrected chi connectivity index (χ3v) is 6.02. The Bertz CT molecular complexity index is 675. The predicted octanol–water partition coefficient (Wildman–Crippen LogP) is 3.84. The Morgan fingerprint density at radius 1 is 1.28 bits per heavy atom. The molecule has 2 fully saturated rings. The van der Waals surface area contributed by atoms with E-state index in [-0.39, 0.29) is 11.9 Å². The summed E-state index contributed by atoms with van der Waals surface area (Å²) in [6, 6.07) is 4.07. The minimum absolute atomic E-state index is 0.0880. The summed E-state index contributed by atoms with van der Waals surface area (Å²) in [4.78, 5) is 26.4. The number of anilines is 1. The highest BCUT2D eigenvalue weighted by Crippen LogP contribution is 2.49. The highest BCUT2D eigenvalue weighted by atomic mass is 16.4. The van der Waals surface area contributed by atoms with E-state index in [4.69, 9.17) is 0 Å². The van der Waals surface area contributed by atoms with Crippen LogP contribution < -0.4 is 5.32 Å². The number of hydrogen-bond acceptors (Lipinski definition) is 2. The Balaban J connectivity index is 1.81. The van der Waals surface area contributed by atoms with E-state index in [1.54, 1.807) is 4.90 Å². The largest absolute Gasteiger partial charge is 0.481 e. The van der Waals surface area contributed by atoms with Crippen LogP contribution in [0.1, 0.15) is 49.8 Å². The van der Waals surface area contributed by atoms with Crippen LogP contribution in [-0.2, 0) is 17.6 Å². The van der Waals surface area contributed by atoms with Crippen molar-refractivity contribution in [1.82, 2.24) is 4.90 Å². The van der Waals surface area contributed by atoms with Gasteiger partial charge in [-0.05, 0) is 49.7 Å². The SMILES string of the molecule is CCc1cc(C)cc(CC)c1NC(=O)N1C[C@@H]2CCC[C@@]2(C(=O)O)C1. The lowest BCUT2D eigenvalue weighted by Crippen LogP contribution is -2.39. The van der Waals surface area contributed by atoms with Crippen LogP contribution >= 0.6 is 0 Å². The molecule has 3 rings (SSSR count). The fourth-order valence-electron chi connectivity index (χ4n) is 4.64. The molecule has 5 nitrogen and oxygen atoms in total. The smallest absolute Gasteiger partial charge is 0.321 e. The summed E-state index contributed by atoms with van der Waals surface area (Å²) in [6.07, 6.45) is 4.24. The summed E-state index contributed by atoms with van der Waals surface area (Å²) in [6.45, 7) is 7.12. The van der Waals surface area contributed by atoms with Crippen LogP contribution in [0.15, 0.2) is 12.1 Å². The predicted molar refractivity (Wildman–Crippen MR) is 97.9 cm³/mol. The molecule has 0 unspecified atom stereocenters. The lowest BCUT2D eigenvalue weighted by Gasteiger charge is -2.24. The molecule has 2 aliphatic rings. The number of nitrogens with one attached hydrogen (secondary N) is 1. The molecule has 0 aromatic heterocycles. The van der Waals surface area contributed by atoms with Gasteiger partial charge < -0.3 is 15.3 Å². The average molecular weight is 344 g/mol. The third kappa shape index (κ3) is 3.00. The van der Waals surface area contributed by atoms with Crippen LogP contribution in [0.3, 0.4) is 0 Å². The highest BCUT2D eigenvalue weighted by molar-refractivity contribution is 5.92. The van der Waals surface area contributed by atoms with Gasteiger partial charge in [0.1, 0.15) is 0 Å². The number of aliphatic carboxylic acids is 1. The number of likely N-dealkylation sites (tertiary alicyclic amines) is 1. The van der Waals surface area contributed by atoms with Crippen molar-refractivity contribution in [2.24, 2.45) is 11.3 Å². The number of amides is 2. The maximum atomic E-state index is 12.9. The number of carbonyl (C=O) groups is 2. The number of hydrogen-bond donors (Lipinski definition) is 2. The van der Waals surface area contributed by atoms with E-state index in [1.165, 1.54) is 5.56 Å². The van der Waals surface area contributed by atoms with Gasteiger partial charge in [-0.25, -0.2) is 4.79 Å². The molecule has 1 aromatic carbocycles. The topological polar surface area (TPSA) is 69.6 Å². The van der Waals surface area contributed by atoms with Crippen LogP contribution in [0.2, 0.25) is 0 Å². The Morgan fingerprint density at radius 3 is 2.44 bits per heavy atom. The van der Waals surface area contributed by atoms with Crippen LogP contribution in [0.25, 0.3) is 0 Å². The Labute approximate surface area is 149 Å². The van der Waals surface area contributed by atoms with E-state index in [9.17, 15) is 14.7 Å². The third-order valence-electron chi connectivity index (χ3n) is 6.02. The Kier molecular flexibility index (Phi) is 4.76. The molecule has 1 saturated heterocycles. The van der Waals surface area contributed by atoms with E-state index >= 15 is 0 Å². The molecule has 0 radical (unpaired) electrons. The fraction of sp³-hybridized carbons (Fsp3) is 0.600. The van der Waals surface area contributed by atoms with E-state index in [1.807, 2.05) is 0 Å². The van der Waals surface area contributed by atoms with E-state index < -0.39 is 11.4 Å². The summed E-state index contributed by atoms with van der Waals surface area (Å²) in [7, 11) is 0. The zero-order valence-corrected chi connectivity index (χ0v) is 15.4. The Hall–Kier alpha value is -2.04. The second kappa shape index (κ2) is 6.70. The fourth-order valence-corrected chi connectivity index (χ4v) is 4.64. The molecule has 0 bridgehead atoms. The number of urea groups is 1. The van der Waals surface area contributed by atoms with Gasteiger partial charge in [-0.2, -0.15) is 0 Å². The van der Waals surface area contributed by atoms with Crippen molar-refractivity contribution in [2.75, 3.05) is 18.4 Å². The summed E-state index contributed by atoms with van der Waals surface area (Å²) in [5.41, 5.74) is 3.65. The number of rotatable bonds is 4. The molecule has 1 saturated carbocycles. The second-order valence-electron chi connectivity index (χ2n) is 7.53. The van der Waals surface area contributed by atoms with Crippen molar-refractivity contribution in [3.8, 4) is 0 Å². The minimum Gasteiger partial charge on any atom is -0.481 e. The number of nitrogens with zero attached hydrogens (tertiary/aromatic N) is 1. The van der Waals surface area contributed by atoms with Crippen molar-refractivity contribution in [3.63, 3.8) is 0 Å². The molecule has 1 aliphatic heterocycles. The van der Waals surface area contributed by atoms with Gasteiger partial charge in [0, 0.05) is 18.8 Å². The quantitative estimate of drug-likeness (QED) is 0.872. The maximum Gasteiger partial charge on any atom is 0.321 e. The molecule has 0 spiro atoms. The summed E-state index contributed by atoms with van der Waals surface area (Å²) >= 11 is 0. The van der Waals surface area contributed by atoms with E-state index in [2.05, 4.69) is 38.2 Å². The van der Waals surface area contributed by atoms with Gasteiger partial charge in [-0.1, -0.05) is 38.0 Å². The van der Waals surface area contributed by atoms with E-state index in [0.29, 0.717) is 19.5 Å². The molecule has 25 heavy (non-hydrogen) atoms. The first kappa shape index (κ1) is 17.8. The molecule has 1 aliphatic carbocycles. The van der Waals surface area contributed by atoms with Gasteiger partial charge in [-0.15, -0.1) is 0 Å². The number of carboxylic acids is 1. The van der Waals surface area contributed by atoms with Crippen LogP contribution in [0.5, 0.6) is 0 Å². The van der Waals surface area contributed by atoms with Crippen molar-refractivity contribution in [1.29, 1.82) is 0 Å². The number of fused-ring (bicyclic) bond motifs is 1.